The van der Waals surface area contributed by atoms with E-state index in [1.807, 2.05) is 0 Å². The van der Waals surface area contributed by atoms with Gasteiger partial charge in [-0.25, -0.2) is 8.42 Å². The standard InChI is InChI=1S/C15H14Cl2N2O3S/c1-23(21,22)12-6-7-13(17)14(8-12)19-15(20)9-18-11-4-2-10(16)3-5-11/h2-8,18H,9H2,1H3,(H,19,20). The van der Waals surface area contributed by atoms with E-state index in [1.165, 1.54) is 18.2 Å². The largest absolute Gasteiger partial charge is 0.376 e. The second kappa shape index (κ2) is 7.21. The van der Waals surface area contributed by atoms with Crippen LogP contribution in [0.2, 0.25) is 10.0 Å². The maximum Gasteiger partial charge on any atom is 0.243 e. The predicted molar refractivity (Wildman–Crippen MR) is 93.1 cm³/mol. The summed E-state index contributed by atoms with van der Waals surface area (Å²) in [7, 11) is -3.38. The first-order valence-electron chi connectivity index (χ1n) is 6.54. The van der Waals surface area contributed by atoms with Crippen molar-refractivity contribution in [3.63, 3.8) is 0 Å². The molecule has 0 aliphatic heterocycles. The van der Waals surface area contributed by atoms with Gasteiger partial charge in [0.2, 0.25) is 5.91 Å². The summed E-state index contributed by atoms with van der Waals surface area (Å²) in [6.45, 7) is 0.00106. The predicted octanol–water partition coefficient (Wildman–Crippen LogP) is 3.45. The van der Waals surface area contributed by atoms with E-state index in [2.05, 4.69) is 10.6 Å². The summed E-state index contributed by atoms with van der Waals surface area (Å²) in [5.41, 5.74) is 0.984. The van der Waals surface area contributed by atoms with Gasteiger partial charge in [-0.1, -0.05) is 23.2 Å². The van der Waals surface area contributed by atoms with E-state index in [0.717, 1.165) is 11.9 Å². The summed E-state index contributed by atoms with van der Waals surface area (Å²) in [5, 5.41) is 6.37. The van der Waals surface area contributed by atoms with E-state index in [4.69, 9.17) is 23.2 Å². The highest BCUT2D eigenvalue weighted by molar-refractivity contribution is 7.90. The fraction of sp³-hybridized carbons (Fsp3) is 0.133. The van der Waals surface area contributed by atoms with Crippen molar-refractivity contribution in [2.45, 2.75) is 4.90 Å². The van der Waals surface area contributed by atoms with E-state index >= 15 is 0 Å². The number of amides is 1. The van der Waals surface area contributed by atoms with E-state index in [1.54, 1.807) is 24.3 Å². The van der Waals surface area contributed by atoms with Crippen LogP contribution in [0.3, 0.4) is 0 Å². The van der Waals surface area contributed by atoms with Crippen LogP contribution in [0.4, 0.5) is 11.4 Å². The molecule has 2 aromatic carbocycles. The lowest BCUT2D eigenvalue weighted by atomic mass is 10.3. The van der Waals surface area contributed by atoms with E-state index < -0.39 is 9.84 Å². The lowest BCUT2D eigenvalue weighted by molar-refractivity contribution is -0.114. The van der Waals surface area contributed by atoms with Crippen molar-refractivity contribution < 1.29 is 13.2 Å². The maximum atomic E-state index is 12.0. The molecule has 0 radical (unpaired) electrons. The quantitative estimate of drug-likeness (QED) is 0.842. The molecule has 23 heavy (non-hydrogen) atoms. The van der Waals surface area contributed by atoms with Crippen LogP contribution in [0.25, 0.3) is 0 Å². The SMILES string of the molecule is CS(=O)(=O)c1ccc(Cl)c(NC(=O)CNc2ccc(Cl)cc2)c1. The molecule has 0 heterocycles. The van der Waals surface area contributed by atoms with Crippen molar-refractivity contribution in [3.05, 3.63) is 52.5 Å². The number of sulfone groups is 1. The number of rotatable bonds is 5. The van der Waals surface area contributed by atoms with Crippen molar-refractivity contribution >= 4 is 50.3 Å². The number of benzene rings is 2. The van der Waals surface area contributed by atoms with Gasteiger partial charge in [0.05, 0.1) is 22.2 Å². The van der Waals surface area contributed by atoms with E-state index in [9.17, 15) is 13.2 Å². The van der Waals surface area contributed by atoms with Crippen LogP contribution in [0.5, 0.6) is 0 Å². The molecule has 0 atom stereocenters. The molecule has 2 rings (SSSR count). The minimum atomic E-state index is -3.38. The Labute approximate surface area is 144 Å². The molecule has 0 saturated heterocycles. The van der Waals surface area contributed by atoms with Crippen LogP contribution in [0, 0.1) is 0 Å². The number of carbonyl (C=O) groups excluding carboxylic acids is 1. The van der Waals surface area contributed by atoms with Crippen molar-refractivity contribution in [1.82, 2.24) is 0 Å². The van der Waals surface area contributed by atoms with Gasteiger partial charge >= 0.3 is 0 Å². The Bertz CT molecular complexity index is 821. The highest BCUT2D eigenvalue weighted by Gasteiger charge is 2.12. The summed E-state index contributed by atoms with van der Waals surface area (Å²) in [5.74, 6) is -0.354. The van der Waals surface area contributed by atoms with Crippen LogP contribution in [0.15, 0.2) is 47.4 Å². The summed E-state index contributed by atoms with van der Waals surface area (Å²) in [6.07, 6.45) is 1.09. The van der Waals surface area contributed by atoms with Crippen LogP contribution < -0.4 is 10.6 Å². The van der Waals surface area contributed by atoms with Gasteiger partial charge in [0.25, 0.3) is 0 Å². The van der Waals surface area contributed by atoms with Crippen molar-refractivity contribution in [2.75, 3.05) is 23.4 Å². The monoisotopic (exact) mass is 372 g/mol. The molecular formula is C15H14Cl2N2O3S. The van der Waals surface area contributed by atoms with Crippen molar-refractivity contribution in [1.29, 1.82) is 0 Å². The van der Waals surface area contributed by atoms with Gasteiger partial charge in [0.15, 0.2) is 9.84 Å². The van der Waals surface area contributed by atoms with E-state index in [-0.39, 0.29) is 28.1 Å². The summed E-state index contributed by atoms with van der Waals surface area (Å²) in [4.78, 5) is 12.0. The minimum absolute atomic E-state index is 0.00106. The second-order valence-electron chi connectivity index (χ2n) is 4.82. The molecule has 8 heteroatoms. The third kappa shape index (κ3) is 5.13. The molecule has 5 nitrogen and oxygen atoms in total. The Hall–Kier alpha value is -1.76. The summed E-state index contributed by atoms with van der Waals surface area (Å²) < 4.78 is 23.1. The molecule has 0 aliphatic rings. The summed E-state index contributed by atoms with van der Waals surface area (Å²) in [6, 6.07) is 11.0. The third-order valence-corrected chi connectivity index (χ3v) is 4.63. The first kappa shape index (κ1) is 17.6. The molecular weight excluding hydrogens is 359 g/mol. The molecule has 0 spiro atoms. The highest BCUT2D eigenvalue weighted by atomic mass is 35.5. The molecule has 0 saturated carbocycles. The smallest absolute Gasteiger partial charge is 0.243 e. The van der Waals surface area contributed by atoms with Gasteiger partial charge in [-0.05, 0) is 42.5 Å². The van der Waals surface area contributed by atoms with Crippen molar-refractivity contribution in [3.8, 4) is 0 Å². The topological polar surface area (TPSA) is 75.3 Å². The average Bonchev–Trinajstić information content (AvgIpc) is 2.48. The fourth-order valence-corrected chi connectivity index (χ4v) is 2.71. The molecule has 0 aromatic heterocycles. The molecule has 0 unspecified atom stereocenters. The third-order valence-electron chi connectivity index (χ3n) is 2.94. The van der Waals surface area contributed by atoms with Gasteiger partial charge in [0.1, 0.15) is 0 Å². The number of hydrogen-bond donors (Lipinski definition) is 2. The van der Waals surface area contributed by atoms with Gasteiger partial charge in [-0.15, -0.1) is 0 Å². The Kier molecular flexibility index (Phi) is 5.51. The molecule has 0 bridgehead atoms. The fourth-order valence-electron chi connectivity index (χ4n) is 1.78. The molecule has 0 fully saturated rings. The lowest BCUT2D eigenvalue weighted by Gasteiger charge is -2.10. The zero-order valence-corrected chi connectivity index (χ0v) is 14.5. The van der Waals surface area contributed by atoms with Gasteiger partial charge < -0.3 is 10.6 Å². The second-order valence-corrected chi connectivity index (χ2v) is 7.68. The molecule has 2 N–H and O–H groups in total. The molecule has 2 aromatic rings. The molecule has 0 aliphatic carbocycles. The highest BCUT2D eigenvalue weighted by Crippen LogP contribution is 2.25. The first-order valence-corrected chi connectivity index (χ1v) is 9.19. The number of hydrogen-bond acceptors (Lipinski definition) is 4. The lowest BCUT2D eigenvalue weighted by Crippen LogP contribution is -2.22. The Morgan fingerprint density at radius 1 is 1.09 bits per heavy atom. The number of nitrogens with one attached hydrogen (secondary N) is 2. The Morgan fingerprint density at radius 3 is 2.35 bits per heavy atom. The number of carbonyl (C=O) groups is 1. The van der Waals surface area contributed by atoms with Gasteiger partial charge in [-0.3, -0.25) is 4.79 Å². The minimum Gasteiger partial charge on any atom is -0.376 e. The molecule has 1 amide bonds. The van der Waals surface area contributed by atoms with E-state index in [0.29, 0.717) is 5.02 Å². The van der Waals surface area contributed by atoms with Crippen LogP contribution in [-0.2, 0) is 14.6 Å². The van der Waals surface area contributed by atoms with Crippen LogP contribution >= 0.6 is 23.2 Å². The summed E-state index contributed by atoms with van der Waals surface area (Å²) >= 11 is 11.8. The maximum absolute atomic E-state index is 12.0. The molecule has 122 valence electrons. The normalized spacial score (nSPS) is 11.1. The van der Waals surface area contributed by atoms with Crippen LogP contribution in [0.1, 0.15) is 0 Å². The zero-order chi connectivity index (χ0) is 17.0. The van der Waals surface area contributed by atoms with Gasteiger partial charge in [0, 0.05) is 17.0 Å². The Balaban J connectivity index is 2.04. The first-order chi connectivity index (χ1) is 10.8. The van der Waals surface area contributed by atoms with Crippen LogP contribution in [-0.4, -0.2) is 27.1 Å². The number of anilines is 2. The zero-order valence-electron chi connectivity index (χ0n) is 12.1. The Morgan fingerprint density at radius 2 is 1.74 bits per heavy atom. The average molecular weight is 373 g/mol. The van der Waals surface area contributed by atoms with Gasteiger partial charge in [-0.2, -0.15) is 0 Å². The van der Waals surface area contributed by atoms with Crippen molar-refractivity contribution in [2.24, 2.45) is 0 Å². The number of halogens is 2.